The summed E-state index contributed by atoms with van der Waals surface area (Å²) in [6.45, 7) is 4.79. The lowest BCUT2D eigenvalue weighted by Crippen LogP contribution is -2.26. The number of imidazole rings is 1. The van der Waals surface area contributed by atoms with Gasteiger partial charge in [0.1, 0.15) is 10.7 Å². The molecular weight excluding hydrogens is 286 g/mol. The van der Waals surface area contributed by atoms with Crippen LogP contribution in [0.4, 0.5) is 0 Å². The highest BCUT2D eigenvalue weighted by Crippen LogP contribution is 2.22. The number of nitrogens with one attached hydrogen (secondary N) is 2. The second kappa shape index (κ2) is 7.33. The topological polar surface area (TPSA) is 96.7 Å². The van der Waals surface area contributed by atoms with E-state index in [9.17, 15) is 4.79 Å². The molecule has 1 amide bonds. The molecule has 2 heterocycles. The smallest absolute Gasteiger partial charge is 0.270 e. The van der Waals surface area contributed by atoms with Crippen LogP contribution in [0.5, 0.6) is 0 Å². The molecule has 2 aromatic heterocycles. The molecule has 0 fully saturated rings. The summed E-state index contributed by atoms with van der Waals surface area (Å²) in [5.74, 6) is 0.351. The highest BCUT2D eigenvalue weighted by Gasteiger charge is 2.15. The maximum atomic E-state index is 12.0. The molecule has 1 unspecified atom stereocenters. The van der Waals surface area contributed by atoms with E-state index in [1.54, 1.807) is 17.9 Å². The number of rotatable bonds is 7. The van der Waals surface area contributed by atoms with Crippen LogP contribution in [0.2, 0.25) is 0 Å². The van der Waals surface area contributed by atoms with E-state index in [1.807, 2.05) is 0 Å². The second-order valence-corrected chi connectivity index (χ2v) is 6.28. The maximum absolute atomic E-state index is 12.0. The maximum Gasteiger partial charge on any atom is 0.270 e. The summed E-state index contributed by atoms with van der Waals surface area (Å²) in [5.41, 5.74) is 7.52. The fourth-order valence-electron chi connectivity index (χ4n) is 1.99. The van der Waals surface area contributed by atoms with E-state index in [1.165, 1.54) is 11.3 Å². The number of hydrogen-bond acceptors (Lipinski definition) is 5. The standard InChI is InChI=1S/C14H21N5OS/c1-9(2)5-11(15)14-19-12(7-21-14)13(20)17-4-3-10-6-16-8-18-10/h6-9,11H,3-5,15H2,1-2H3,(H,16,18)(H,17,20). The molecule has 1 atom stereocenters. The van der Waals surface area contributed by atoms with E-state index in [-0.39, 0.29) is 11.9 Å². The summed E-state index contributed by atoms with van der Waals surface area (Å²) in [6.07, 6.45) is 4.96. The average Bonchev–Trinajstić information content (AvgIpc) is 3.09. The molecule has 6 nitrogen and oxygen atoms in total. The Bertz CT molecular complexity index is 564. The van der Waals surface area contributed by atoms with Gasteiger partial charge in [0.2, 0.25) is 0 Å². The van der Waals surface area contributed by atoms with Crippen molar-refractivity contribution in [3.63, 3.8) is 0 Å². The van der Waals surface area contributed by atoms with Gasteiger partial charge in [-0.25, -0.2) is 9.97 Å². The van der Waals surface area contributed by atoms with E-state index in [2.05, 4.69) is 34.1 Å². The van der Waals surface area contributed by atoms with Gasteiger partial charge in [0.15, 0.2) is 0 Å². The second-order valence-electron chi connectivity index (χ2n) is 5.39. The quantitative estimate of drug-likeness (QED) is 0.727. The molecule has 2 aromatic rings. The summed E-state index contributed by atoms with van der Waals surface area (Å²) in [6, 6.07) is -0.0958. The molecule has 0 radical (unpaired) electrons. The first-order valence-corrected chi connectivity index (χ1v) is 7.90. The fourth-order valence-corrected chi connectivity index (χ4v) is 2.81. The highest BCUT2D eigenvalue weighted by atomic mass is 32.1. The summed E-state index contributed by atoms with van der Waals surface area (Å²) < 4.78 is 0. The molecule has 0 aromatic carbocycles. The molecular formula is C14H21N5OS. The lowest BCUT2D eigenvalue weighted by Gasteiger charge is -2.10. The predicted molar refractivity (Wildman–Crippen MR) is 83.1 cm³/mol. The number of nitrogens with zero attached hydrogens (tertiary/aromatic N) is 2. The predicted octanol–water partition coefficient (Wildman–Crippen LogP) is 1.88. The molecule has 114 valence electrons. The molecule has 0 bridgehead atoms. The number of carbonyl (C=O) groups is 1. The minimum Gasteiger partial charge on any atom is -0.350 e. The Morgan fingerprint density at radius 2 is 2.33 bits per heavy atom. The van der Waals surface area contributed by atoms with Crippen molar-refractivity contribution in [1.82, 2.24) is 20.3 Å². The van der Waals surface area contributed by atoms with Crippen LogP contribution < -0.4 is 11.1 Å². The Balaban J connectivity index is 1.84. The van der Waals surface area contributed by atoms with Crippen LogP contribution in [0.15, 0.2) is 17.9 Å². The molecule has 21 heavy (non-hydrogen) atoms. The Morgan fingerprint density at radius 1 is 1.52 bits per heavy atom. The number of H-pyrrole nitrogens is 1. The first kappa shape index (κ1) is 15.7. The molecule has 0 aliphatic carbocycles. The fraction of sp³-hybridized carbons (Fsp3) is 0.500. The minimum absolute atomic E-state index is 0.0958. The third-order valence-electron chi connectivity index (χ3n) is 3.03. The summed E-state index contributed by atoms with van der Waals surface area (Å²) in [5, 5.41) is 5.43. The van der Waals surface area contributed by atoms with E-state index in [0.717, 1.165) is 23.5 Å². The lowest BCUT2D eigenvalue weighted by atomic mass is 10.1. The zero-order valence-electron chi connectivity index (χ0n) is 12.3. The van der Waals surface area contributed by atoms with Gasteiger partial charge in [-0.2, -0.15) is 0 Å². The molecule has 0 aliphatic rings. The van der Waals surface area contributed by atoms with Crippen LogP contribution in [-0.2, 0) is 6.42 Å². The molecule has 2 rings (SSSR count). The van der Waals surface area contributed by atoms with E-state index >= 15 is 0 Å². The van der Waals surface area contributed by atoms with Gasteiger partial charge in [-0.1, -0.05) is 13.8 Å². The Kier molecular flexibility index (Phi) is 5.46. The zero-order valence-corrected chi connectivity index (χ0v) is 13.1. The van der Waals surface area contributed by atoms with Crippen molar-refractivity contribution in [2.24, 2.45) is 11.7 Å². The van der Waals surface area contributed by atoms with Gasteiger partial charge in [-0.15, -0.1) is 11.3 Å². The van der Waals surface area contributed by atoms with Crippen LogP contribution in [0.1, 0.15) is 47.5 Å². The molecule has 0 aliphatic heterocycles. The SMILES string of the molecule is CC(C)CC(N)c1nc(C(=O)NCCc2cnc[nH]2)cs1. The molecule has 0 spiro atoms. The minimum atomic E-state index is -0.159. The van der Waals surface area contributed by atoms with Gasteiger partial charge in [0.05, 0.1) is 12.4 Å². The highest BCUT2D eigenvalue weighted by molar-refractivity contribution is 7.09. The number of hydrogen-bond donors (Lipinski definition) is 3. The molecule has 0 saturated carbocycles. The van der Waals surface area contributed by atoms with E-state index in [0.29, 0.717) is 18.2 Å². The molecule has 4 N–H and O–H groups in total. The van der Waals surface area contributed by atoms with Gasteiger partial charge in [-0.3, -0.25) is 4.79 Å². The van der Waals surface area contributed by atoms with Crippen LogP contribution in [0, 0.1) is 5.92 Å². The first-order chi connectivity index (χ1) is 10.1. The van der Waals surface area contributed by atoms with Crippen molar-refractivity contribution in [3.05, 3.63) is 34.3 Å². The van der Waals surface area contributed by atoms with Crippen molar-refractivity contribution in [2.75, 3.05) is 6.54 Å². The van der Waals surface area contributed by atoms with Crippen molar-refractivity contribution in [2.45, 2.75) is 32.7 Å². The van der Waals surface area contributed by atoms with Gasteiger partial charge in [0.25, 0.3) is 5.91 Å². The van der Waals surface area contributed by atoms with Crippen LogP contribution in [0.25, 0.3) is 0 Å². The van der Waals surface area contributed by atoms with Gasteiger partial charge < -0.3 is 16.0 Å². The normalized spacial score (nSPS) is 12.6. The first-order valence-electron chi connectivity index (χ1n) is 7.02. The van der Waals surface area contributed by atoms with E-state index < -0.39 is 0 Å². The monoisotopic (exact) mass is 307 g/mol. The van der Waals surface area contributed by atoms with E-state index in [4.69, 9.17) is 5.73 Å². The molecule has 7 heteroatoms. The summed E-state index contributed by atoms with van der Waals surface area (Å²) in [4.78, 5) is 23.3. The van der Waals surface area contributed by atoms with Gasteiger partial charge >= 0.3 is 0 Å². The number of aromatic amines is 1. The largest absolute Gasteiger partial charge is 0.350 e. The van der Waals surface area contributed by atoms with Crippen LogP contribution in [-0.4, -0.2) is 27.4 Å². The van der Waals surface area contributed by atoms with Crippen molar-refractivity contribution >= 4 is 17.2 Å². The number of carbonyl (C=O) groups excluding carboxylic acids is 1. The zero-order chi connectivity index (χ0) is 15.2. The number of thiazole rings is 1. The Hall–Kier alpha value is -1.73. The third-order valence-corrected chi connectivity index (χ3v) is 4.01. The number of aromatic nitrogens is 3. The lowest BCUT2D eigenvalue weighted by molar-refractivity contribution is 0.0949. The summed E-state index contributed by atoms with van der Waals surface area (Å²) in [7, 11) is 0. The molecule has 0 saturated heterocycles. The van der Waals surface area contributed by atoms with Crippen molar-refractivity contribution in [1.29, 1.82) is 0 Å². The summed E-state index contributed by atoms with van der Waals surface area (Å²) >= 11 is 1.45. The number of nitrogens with two attached hydrogens (primary N) is 1. The van der Waals surface area contributed by atoms with Crippen molar-refractivity contribution in [3.8, 4) is 0 Å². The van der Waals surface area contributed by atoms with Crippen LogP contribution in [0.3, 0.4) is 0 Å². The van der Waals surface area contributed by atoms with Gasteiger partial charge in [0, 0.05) is 30.2 Å². The number of amides is 1. The van der Waals surface area contributed by atoms with Crippen LogP contribution >= 0.6 is 11.3 Å². The Labute approximate surface area is 128 Å². The average molecular weight is 307 g/mol. The van der Waals surface area contributed by atoms with Gasteiger partial charge in [-0.05, 0) is 12.3 Å². The third kappa shape index (κ3) is 4.64. The Morgan fingerprint density at radius 3 is 3.00 bits per heavy atom. The van der Waals surface area contributed by atoms with Crippen molar-refractivity contribution < 1.29 is 4.79 Å².